The molecule has 0 saturated heterocycles. The van der Waals surface area contributed by atoms with Crippen molar-refractivity contribution in [1.82, 2.24) is 9.47 Å². The quantitative estimate of drug-likeness (QED) is 0.502. The van der Waals surface area contributed by atoms with Crippen molar-refractivity contribution < 1.29 is 9.59 Å². The molecule has 0 radical (unpaired) electrons. The Morgan fingerprint density at radius 3 is 2.38 bits per heavy atom. The number of anilines is 1. The van der Waals surface area contributed by atoms with E-state index in [4.69, 9.17) is 0 Å². The Hall–Kier alpha value is -3.86. The van der Waals surface area contributed by atoms with E-state index in [2.05, 4.69) is 22.0 Å². The first-order valence-electron chi connectivity index (χ1n) is 10.7. The highest BCUT2D eigenvalue weighted by molar-refractivity contribution is 6.05. The van der Waals surface area contributed by atoms with Crippen molar-refractivity contribution in [3.63, 3.8) is 0 Å². The second-order valence-corrected chi connectivity index (χ2v) is 8.44. The van der Waals surface area contributed by atoms with E-state index < -0.39 is 12.0 Å². The summed E-state index contributed by atoms with van der Waals surface area (Å²) in [5, 5.41) is 4.18. The first kappa shape index (κ1) is 20.1. The fourth-order valence-electron chi connectivity index (χ4n) is 4.88. The molecular formula is C27H25N3O2. The Morgan fingerprint density at radius 2 is 1.56 bits per heavy atom. The standard InChI is InChI=1S/C27H25N3O2/c1-17-10-4-8-14-22(17)28-26(31)24-19-12-5-6-13-20(19)27(32)30(3)25(24)21-16-29(2)23-15-9-7-11-18(21)23/h4-16,24-25H,1-3H3,(H,28,31)/t24-,25+/m0/s1. The molecule has 2 amide bonds. The third-order valence-corrected chi connectivity index (χ3v) is 6.51. The van der Waals surface area contributed by atoms with E-state index in [1.54, 1.807) is 11.9 Å². The maximum Gasteiger partial charge on any atom is 0.254 e. The summed E-state index contributed by atoms with van der Waals surface area (Å²) in [6.45, 7) is 1.97. The summed E-state index contributed by atoms with van der Waals surface area (Å²) in [6.07, 6.45) is 2.04. The monoisotopic (exact) mass is 423 g/mol. The van der Waals surface area contributed by atoms with Crippen LogP contribution >= 0.6 is 0 Å². The number of nitrogens with zero attached hydrogens (tertiary/aromatic N) is 2. The average Bonchev–Trinajstić information content (AvgIpc) is 3.14. The van der Waals surface area contributed by atoms with Crippen LogP contribution in [0.2, 0.25) is 0 Å². The third kappa shape index (κ3) is 3.09. The Balaban J connectivity index is 1.69. The average molecular weight is 424 g/mol. The number of hydrogen-bond acceptors (Lipinski definition) is 2. The van der Waals surface area contributed by atoms with Crippen LogP contribution in [0.1, 0.15) is 39.0 Å². The number of benzene rings is 3. The maximum absolute atomic E-state index is 13.8. The zero-order valence-corrected chi connectivity index (χ0v) is 18.4. The summed E-state index contributed by atoms with van der Waals surface area (Å²) >= 11 is 0. The molecule has 4 aromatic rings. The molecule has 0 spiro atoms. The van der Waals surface area contributed by atoms with Gasteiger partial charge >= 0.3 is 0 Å². The minimum absolute atomic E-state index is 0.0709. The third-order valence-electron chi connectivity index (χ3n) is 6.51. The van der Waals surface area contributed by atoms with Gasteiger partial charge in [0.25, 0.3) is 5.91 Å². The summed E-state index contributed by atoms with van der Waals surface area (Å²) in [5.41, 5.74) is 5.16. The molecule has 2 atom stereocenters. The highest BCUT2D eigenvalue weighted by atomic mass is 16.2. The molecular weight excluding hydrogens is 398 g/mol. The first-order chi connectivity index (χ1) is 15.5. The number of aromatic nitrogens is 1. The molecule has 1 N–H and O–H groups in total. The molecule has 1 aromatic heterocycles. The van der Waals surface area contributed by atoms with Crippen LogP contribution in [0.4, 0.5) is 5.69 Å². The SMILES string of the molecule is Cc1ccccc1NC(=O)[C@H]1c2ccccc2C(=O)N(C)[C@@H]1c1cn(C)c2ccccc12. The molecule has 0 fully saturated rings. The minimum Gasteiger partial charge on any atom is -0.350 e. The lowest BCUT2D eigenvalue weighted by Crippen LogP contribution is -2.44. The lowest BCUT2D eigenvalue weighted by atomic mass is 9.79. The van der Waals surface area contributed by atoms with Crippen molar-refractivity contribution in [2.75, 3.05) is 12.4 Å². The van der Waals surface area contributed by atoms with Crippen LogP contribution in [0, 0.1) is 6.92 Å². The van der Waals surface area contributed by atoms with Gasteiger partial charge in [-0.1, -0.05) is 54.6 Å². The number of carbonyl (C=O) groups excluding carboxylic acids is 2. The molecule has 0 saturated carbocycles. The number of fused-ring (bicyclic) bond motifs is 2. The van der Waals surface area contributed by atoms with Gasteiger partial charge < -0.3 is 14.8 Å². The second-order valence-electron chi connectivity index (χ2n) is 8.44. The maximum atomic E-state index is 13.8. The largest absolute Gasteiger partial charge is 0.350 e. The van der Waals surface area contributed by atoms with Crippen LogP contribution in [0.25, 0.3) is 10.9 Å². The summed E-state index contributed by atoms with van der Waals surface area (Å²) in [4.78, 5) is 28.8. The van der Waals surface area contributed by atoms with Crippen LogP contribution in [0.15, 0.2) is 79.0 Å². The molecule has 5 nitrogen and oxygen atoms in total. The zero-order chi connectivity index (χ0) is 22.4. The molecule has 0 bridgehead atoms. The smallest absolute Gasteiger partial charge is 0.254 e. The molecule has 5 heteroatoms. The number of nitrogens with one attached hydrogen (secondary N) is 1. The van der Waals surface area contributed by atoms with Crippen LogP contribution in [-0.2, 0) is 11.8 Å². The lowest BCUT2D eigenvalue weighted by Gasteiger charge is -2.39. The fraction of sp³-hybridized carbons (Fsp3) is 0.185. The fourth-order valence-corrected chi connectivity index (χ4v) is 4.88. The van der Waals surface area contributed by atoms with Crippen molar-refractivity contribution >= 4 is 28.4 Å². The van der Waals surface area contributed by atoms with Gasteiger partial charge in [0.05, 0.1) is 12.0 Å². The van der Waals surface area contributed by atoms with E-state index in [0.717, 1.165) is 33.3 Å². The number of hydrogen-bond donors (Lipinski definition) is 1. The minimum atomic E-state index is -0.542. The van der Waals surface area contributed by atoms with E-state index in [0.29, 0.717) is 5.56 Å². The predicted molar refractivity (Wildman–Crippen MR) is 127 cm³/mol. The van der Waals surface area contributed by atoms with Crippen molar-refractivity contribution in [1.29, 1.82) is 0 Å². The van der Waals surface area contributed by atoms with Gasteiger partial charge in [0.15, 0.2) is 0 Å². The van der Waals surface area contributed by atoms with E-state index >= 15 is 0 Å². The highest BCUT2D eigenvalue weighted by Gasteiger charge is 2.43. The lowest BCUT2D eigenvalue weighted by molar-refractivity contribution is -0.119. The van der Waals surface area contributed by atoms with E-state index in [9.17, 15) is 9.59 Å². The van der Waals surface area contributed by atoms with Crippen LogP contribution in [0.5, 0.6) is 0 Å². The first-order valence-corrected chi connectivity index (χ1v) is 10.7. The van der Waals surface area contributed by atoms with Gasteiger partial charge in [-0.2, -0.15) is 0 Å². The highest BCUT2D eigenvalue weighted by Crippen LogP contribution is 2.44. The van der Waals surface area contributed by atoms with Crippen LogP contribution in [0.3, 0.4) is 0 Å². The van der Waals surface area contributed by atoms with Gasteiger partial charge in [-0.25, -0.2) is 0 Å². The van der Waals surface area contributed by atoms with Gasteiger partial charge in [-0.15, -0.1) is 0 Å². The van der Waals surface area contributed by atoms with Crippen molar-refractivity contribution in [2.45, 2.75) is 18.9 Å². The van der Waals surface area contributed by atoms with Crippen molar-refractivity contribution in [3.8, 4) is 0 Å². The molecule has 1 aliphatic heterocycles. The van der Waals surface area contributed by atoms with Crippen molar-refractivity contribution in [3.05, 3.63) is 101 Å². The molecule has 0 unspecified atom stereocenters. The Morgan fingerprint density at radius 1 is 0.875 bits per heavy atom. The Labute approximate surface area is 187 Å². The normalized spacial score (nSPS) is 18.0. The van der Waals surface area contributed by atoms with Gasteiger partial charge in [0.2, 0.25) is 5.91 Å². The van der Waals surface area contributed by atoms with Gasteiger partial charge in [0.1, 0.15) is 0 Å². The molecule has 3 aromatic carbocycles. The number of aryl methyl sites for hydroxylation is 2. The van der Waals surface area contributed by atoms with E-state index in [-0.39, 0.29) is 11.8 Å². The number of likely N-dealkylation sites (N-methyl/N-ethyl adjacent to an activating group) is 1. The Bertz CT molecular complexity index is 1350. The van der Waals surface area contributed by atoms with Gasteiger partial charge in [-0.3, -0.25) is 9.59 Å². The number of carbonyl (C=O) groups is 2. The number of para-hydroxylation sites is 2. The van der Waals surface area contributed by atoms with Crippen molar-refractivity contribution in [2.24, 2.45) is 7.05 Å². The van der Waals surface area contributed by atoms with Crippen LogP contribution < -0.4 is 5.32 Å². The summed E-state index contributed by atoms with van der Waals surface area (Å²) in [5.74, 6) is -0.734. The summed E-state index contributed by atoms with van der Waals surface area (Å²) < 4.78 is 2.06. The molecule has 160 valence electrons. The molecule has 2 heterocycles. The summed E-state index contributed by atoms with van der Waals surface area (Å²) in [6, 6.07) is 22.9. The zero-order valence-electron chi connectivity index (χ0n) is 18.4. The number of amides is 2. The molecule has 0 aliphatic carbocycles. The molecule has 5 rings (SSSR count). The van der Waals surface area contributed by atoms with Gasteiger partial charge in [-0.05, 0) is 36.2 Å². The van der Waals surface area contributed by atoms with E-state index in [1.165, 1.54) is 0 Å². The Kier molecular flexibility index (Phi) is 4.82. The molecule has 1 aliphatic rings. The van der Waals surface area contributed by atoms with Crippen LogP contribution in [-0.4, -0.2) is 28.3 Å². The molecule has 32 heavy (non-hydrogen) atoms. The topological polar surface area (TPSA) is 54.3 Å². The predicted octanol–water partition coefficient (Wildman–Crippen LogP) is 5.04. The second kappa shape index (κ2) is 7.68. The van der Waals surface area contributed by atoms with E-state index in [1.807, 2.05) is 80.8 Å². The van der Waals surface area contributed by atoms with Gasteiger partial charge in [0, 0.05) is 48.0 Å². The summed E-state index contributed by atoms with van der Waals surface area (Å²) in [7, 11) is 3.78. The number of rotatable bonds is 3.